The van der Waals surface area contributed by atoms with Crippen LogP contribution >= 0.6 is 0 Å². The topological polar surface area (TPSA) is 79.2 Å². The maximum absolute atomic E-state index is 13.1. The van der Waals surface area contributed by atoms with Gasteiger partial charge in [0.05, 0.1) is 19.6 Å². The van der Waals surface area contributed by atoms with Crippen molar-refractivity contribution in [1.82, 2.24) is 5.32 Å². The van der Waals surface area contributed by atoms with Gasteiger partial charge in [0, 0.05) is 18.4 Å². The van der Waals surface area contributed by atoms with Crippen molar-refractivity contribution < 1.29 is 23.1 Å². The molecule has 0 fully saturated rings. The first-order valence-corrected chi connectivity index (χ1v) is 6.56. The van der Waals surface area contributed by atoms with E-state index in [0.29, 0.717) is 6.07 Å². The van der Waals surface area contributed by atoms with Gasteiger partial charge >= 0.3 is 5.97 Å². The molecule has 1 rings (SSSR count). The predicted molar refractivity (Wildman–Crippen MR) is 73.4 cm³/mol. The van der Waals surface area contributed by atoms with Crippen LogP contribution in [0.1, 0.15) is 18.9 Å². The number of nitriles is 1. The fraction of sp³-hybridized carbons (Fsp3) is 0.400. The van der Waals surface area contributed by atoms with Crippen molar-refractivity contribution in [3.63, 3.8) is 0 Å². The molecule has 1 aromatic carbocycles. The van der Waals surface area contributed by atoms with Crippen LogP contribution in [0.5, 0.6) is 0 Å². The van der Waals surface area contributed by atoms with E-state index in [-0.39, 0.29) is 18.4 Å². The zero-order chi connectivity index (χ0) is 16.7. The van der Waals surface area contributed by atoms with Gasteiger partial charge in [-0.3, -0.25) is 4.79 Å². The van der Waals surface area contributed by atoms with Crippen LogP contribution in [0.4, 0.5) is 8.78 Å². The van der Waals surface area contributed by atoms with Crippen LogP contribution < -0.4 is 5.32 Å². The lowest BCUT2D eigenvalue weighted by molar-refractivity contribution is -0.146. The summed E-state index contributed by atoms with van der Waals surface area (Å²) in [7, 11) is 1.17. The van der Waals surface area contributed by atoms with Crippen molar-refractivity contribution in [3.05, 3.63) is 35.4 Å². The molecule has 0 spiro atoms. The normalized spacial score (nSPS) is 12.9. The number of amides is 1. The van der Waals surface area contributed by atoms with Gasteiger partial charge < -0.3 is 10.1 Å². The third-order valence-corrected chi connectivity index (χ3v) is 3.04. The van der Waals surface area contributed by atoms with Crippen LogP contribution in [-0.2, 0) is 20.7 Å². The van der Waals surface area contributed by atoms with Gasteiger partial charge in [0.1, 0.15) is 17.7 Å². The second kappa shape index (κ2) is 8.08. The molecule has 0 aliphatic carbocycles. The van der Waals surface area contributed by atoms with E-state index in [4.69, 9.17) is 5.26 Å². The first-order valence-electron chi connectivity index (χ1n) is 6.56. The molecule has 0 unspecified atom stereocenters. The Hall–Kier alpha value is -2.49. The minimum Gasteiger partial charge on any atom is -0.467 e. The summed E-state index contributed by atoms with van der Waals surface area (Å²) in [5, 5.41) is 11.1. The third-order valence-electron chi connectivity index (χ3n) is 3.04. The van der Waals surface area contributed by atoms with Gasteiger partial charge in [-0.1, -0.05) is 6.92 Å². The molecule has 0 saturated heterocycles. The summed E-state index contributed by atoms with van der Waals surface area (Å²) < 4.78 is 30.7. The van der Waals surface area contributed by atoms with Crippen LogP contribution in [0.15, 0.2) is 18.2 Å². The van der Waals surface area contributed by atoms with E-state index in [1.165, 1.54) is 7.11 Å². The van der Waals surface area contributed by atoms with Gasteiger partial charge in [0.15, 0.2) is 0 Å². The van der Waals surface area contributed by atoms with Crippen molar-refractivity contribution in [2.45, 2.75) is 25.8 Å². The van der Waals surface area contributed by atoms with Gasteiger partial charge in [0.2, 0.25) is 5.91 Å². The van der Waals surface area contributed by atoms with E-state index in [1.54, 1.807) is 6.92 Å². The Morgan fingerprint density at radius 3 is 2.41 bits per heavy atom. The average Bonchev–Trinajstić information content (AvgIpc) is 2.43. The minimum atomic E-state index is -0.990. The quantitative estimate of drug-likeness (QED) is 0.811. The second-order valence-corrected chi connectivity index (χ2v) is 4.86. The highest BCUT2D eigenvalue weighted by atomic mass is 19.1. The van der Waals surface area contributed by atoms with Crippen LogP contribution in [-0.4, -0.2) is 25.0 Å². The highest BCUT2D eigenvalue weighted by Crippen LogP contribution is 2.11. The first-order chi connectivity index (χ1) is 10.4. The molecule has 7 heteroatoms. The number of hydrogen-bond acceptors (Lipinski definition) is 4. The zero-order valence-electron chi connectivity index (χ0n) is 12.2. The molecule has 1 aromatic rings. The predicted octanol–water partition coefficient (Wildman–Crippen LogP) is 1.71. The van der Waals surface area contributed by atoms with Gasteiger partial charge in [0.25, 0.3) is 0 Å². The Bertz CT molecular complexity index is 579. The first kappa shape index (κ1) is 17.6. The van der Waals surface area contributed by atoms with Crippen molar-refractivity contribution in [3.8, 4) is 6.07 Å². The summed E-state index contributed by atoms with van der Waals surface area (Å²) in [6.07, 6.45) is -0.240. The molecular formula is C15H16F2N2O3. The molecule has 5 nitrogen and oxygen atoms in total. The number of nitrogens with zero attached hydrogens (tertiary/aromatic N) is 1. The Morgan fingerprint density at radius 2 is 1.91 bits per heavy atom. The standard InChI is InChI=1S/C15H16F2N2O3/c1-9(3-4-18)14(15(21)22-2)19-13(20)7-10-5-11(16)8-12(17)6-10/h5-6,8-9,14H,3,7H2,1-2H3,(H,19,20)/t9-,14+/m0/s1. The monoisotopic (exact) mass is 310 g/mol. The lowest BCUT2D eigenvalue weighted by Gasteiger charge is -2.21. The molecule has 0 bridgehead atoms. The van der Waals surface area contributed by atoms with Gasteiger partial charge in [-0.05, 0) is 17.7 Å². The van der Waals surface area contributed by atoms with E-state index in [1.807, 2.05) is 6.07 Å². The fourth-order valence-electron chi connectivity index (χ4n) is 1.95. The highest BCUT2D eigenvalue weighted by molar-refractivity contribution is 5.85. The number of benzene rings is 1. The average molecular weight is 310 g/mol. The van der Waals surface area contributed by atoms with Crippen LogP contribution in [0.2, 0.25) is 0 Å². The molecule has 2 atom stereocenters. The Kier molecular flexibility index (Phi) is 6.45. The zero-order valence-corrected chi connectivity index (χ0v) is 12.2. The molecule has 22 heavy (non-hydrogen) atoms. The maximum atomic E-state index is 13.1. The van der Waals surface area contributed by atoms with E-state index in [9.17, 15) is 18.4 Å². The molecule has 0 saturated carbocycles. The van der Waals surface area contributed by atoms with E-state index in [2.05, 4.69) is 10.1 Å². The summed E-state index contributed by atoms with van der Waals surface area (Å²) in [5.41, 5.74) is 0.145. The van der Waals surface area contributed by atoms with Crippen LogP contribution in [0.25, 0.3) is 0 Å². The minimum absolute atomic E-state index is 0.0502. The van der Waals surface area contributed by atoms with Gasteiger partial charge in [-0.25, -0.2) is 13.6 Å². The molecule has 1 amide bonds. The number of carbonyl (C=O) groups is 2. The number of methoxy groups -OCH3 is 1. The van der Waals surface area contributed by atoms with E-state index >= 15 is 0 Å². The smallest absolute Gasteiger partial charge is 0.328 e. The number of ether oxygens (including phenoxy) is 1. The van der Waals surface area contributed by atoms with Gasteiger partial charge in [-0.2, -0.15) is 5.26 Å². The SMILES string of the molecule is COC(=O)[C@H](NC(=O)Cc1cc(F)cc(F)c1)[C@@H](C)CC#N. The second-order valence-electron chi connectivity index (χ2n) is 4.86. The summed E-state index contributed by atoms with van der Waals surface area (Å²) in [5.74, 6) is -3.30. The van der Waals surface area contributed by atoms with Crippen molar-refractivity contribution >= 4 is 11.9 Å². The number of hydrogen-bond donors (Lipinski definition) is 1. The Labute approximate surface area is 126 Å². The largest absolute Gasteiger partial charge is 0.467 e. The molecule has 0 radical (unpaired) electrons. The number of esters is 1. The number of nitrogens with one attached hydrogen (secondary N) is 1. The summed E-state index contributed by atoms with van der Waals surface area (Å²) >= 11 is 0. The van der Waals surface area contributed by atoms with Crippen molar-refractivity contribution in [1.29, 1.82) is 5.26 Å². The highest BCUT2D eigenvalue weighted by Gasteiger charge is 2.27. The van der Waals surface area contributed by atoms with E-state index < -0.39 is 35.5 Å². The molecule has 0 heterocycles. The molecule has 0 aromatic heterocycles. The van der Waals surface area contributed by atoms with E-state index in [0.717, 1.165) is 12.1 Å². The number of rotatable bonds is 6. The Balaban J connectivity index is 2.78. The van der Waals surface area contributed by atoms with Crippen LogP contribution in [0.3, 0.4) is 0 Å². The maximum Gasteiger partial charge on any atom is 0.328 e. The summed E-state index contributed by atoms with van der Waals surface area (Å²) in [6, 6.07) is 3.69. The van der Waals surface area contributed by atoms with Gasteiger partial charge in [-0.15, -0.1) is 0 Å². The summed E-state index contributed by atoms with van der Waals surface area (Å²) in [6.45, 7) is 1.62. The lowest BCUT2D eigenvalue weighted by atomic mass is 9.98. The number of halogens is 2. The molecule has 1 N–H and O–H groups in total. The molecular weight excluding hydrogens is 294 g/mol. The Morgan fingerprint density at radius 1 is 1.32 bits per heavy atom. The third kappa shape index (κ3) is 5.13. The molecule has 0 aliphatic rings. The van der Waals surface area contributed by atoms with Crippen molar-refractivity contribution in [2.75, 3.05) is 7.11 Å². The van der Waals surface area contributed by atoms with Crippen molar-refractivity contribution in [2.24, 2.45) is 5.92 Å². The molecule has 0 aliphatic heterocycles. The fourth-order valence-corrected chi connectivity index (χ4v) is 1.95. The molecule has 118 valence electrons. The lowest BCUT2D eigenvalue weighted by Crippen LogP contribution is -2.46. The number of carbonyl (C=O) groups excluding carboxylic acids is 2. The summed E-state index contributed by atoms with van der Waals surface area (Å²) in [4.78, 5) is 23.6. The van der Waals surface area contributed by atoms with Crippen LogP contribution in [0, 0.1) is 28.9 Å².